The number of nitrogens with zero attached hydrogens (tertiary/aromatic N) is 3. The van der Waals surface area contributed by atoms with E-state index >= 15 is 0 Å². The number of imidazole rings is 1. The summed E-state index contributed by atoms with van der Waals surface area (Å²) in [5.74, 6) is -0.249. The van der Waals surface area contributed by atoms with E-state index in [0.717, 1.165) is 5.56 Å². The molecule has 0 aliphatic rings. The largest absolute Gasteiger partial charge is 0.372 e. The maximum absolute atomic E-state index is 12.8. The van der Waals surface area contributed by atoms with Gasteiger partial charge in [-0.3, -0.25) is 0 Å². The molecule has 0 radical (unpaired) electrons. The second-order valence-electron chi connectivity index (χ2n) is 4.45. The highest BCUT2D eigenvalue weighted by molar-refractivity contribution is 5.62. The lowest BCUT2D eigenvalue weighted by molar-refractivity contribution is -0.389. The summed E-state index contributed by atoms with van der Waals surface area (Å²) >= 11 is 0. The molecule has 0 saturated carbocycles. The quantitative estimate of drug-likeness (QED) is 0.591. The minimum absolute atomic E-state index is 0.118. The van der Waals surface area contributed by atoms with E-state index in [2.05, 4.69) is 10.3 Å². The molecule has 106 valence electrons. The van der Waals surface area contributed by atoms with E-state index in [9.17, 15) is 14.5 Å². The minimum atomic E-state index is -0.479. The zero-order chi connectivity index (χ0) is 14.8. The highest BCUT2D eigenvalue weighted by Gasteiger charge is 2.21. The first-order valence-corrected chi connectivity index (χ1v) is 6.25. The Bertz CT molecular complexity index is 798. The van der Waals surface area contributed by atoms with Crippen molar-refractivity contribution in [1.82, 2.24) is 9.38 Å². The lowest BCUT2D eigenvalue weighted by Crippen LogP contribution is -2.03. The van der Waals surface area contributed by atoms with Crippen LogP contribution in [0.2, 0.25) is 0 Å². The Morgan fingerprint density at radius 2 is 2.00 bits per heavy atom. The van der Waals surface area contributed by atoms with E-state index in [4.69, 9.17) is 0 Å². The van der Waals surface area contributed by atoms with Crippen LogP contribution in [0.15, 0.2) is 48.7 Å². The fourth-order valence-corrected chi connectivity index (χ4v) is 2.06. The summed E-state index contributed by atoms with van der Waals surface area (Å²) < 4.78 is 14.2. The Kier molecular flexibility index (Phi) is 3.23. The first kappa shape index (κ1) is 13.0. The predicted octanol–water partition coefficient (Wildman–Crippen LogP) is 2.99. The Hall–Kier alpha value is -2.96. The fourth-order valence-electron chi connectivity index (χ4n) is 2.06. The average molecular weight is 286 g/mol. The minimum Gasteiger partial charge on any atom is -0.359 e. The van der Waals surface area contributed by atoms with Gasteiger partial charge in [0.2, 0.25) is 11.5 Å². The molecule has 0 aliphatic heterocycles. The Morgan fingerprint density at radius 1 is 1.24 bits per heavy atom. The van der Waals surface area contributed by atoms with Crippen LogP contribution in [-0.4, -0.2) is 14.3 Å². The van der Waals surface area contributed by atoms with Gasteiger partial charge in [0.15, 0.2) is 0 Å². The topological polar surface area (TPSA) is 72.5 Å². The lowest BCUT2D eigenvalue weighted by atomic mass is 10.2. The molecule has 2 aromatic heterocycles. The maximum atomic E-state index is 12.8. The van der Waals surface area contributed by atoms with Gasteiger partial charge >= 0.3 is 5.82 Å². The van der Waals surface area contributed by atoms with Gasteiger partial charge in [-0.05, 0) is 28.7 Å². The van der Waals surface area contributed by atoms with Crippen LogP contribution in [0.4, 0.5) is 16.0 Å². The predicted molar refractivity (Wildman–Crippen MR) is 75.6 cm³/mol. The van der Waals surface area contributed by atoms with Gasteiger partial charge in [-0.15, -0.1) is 0 Å². The van der Waals surface area contributed by atoms with Crippen molar-refractivity contribution < 1.29 is 9.31 Å². The van der Waals surface area contributed by atoms with Crippen molar-refractivity contribution in [1.29, 1.82) is 0 Å². The molecule has 1 N–H and O–H groups in total. The van der Waals surface area contributed by atoms with Gasteiger partial charge in [0, 0.05) is 12.6 Å². The number of pyridine rings is 1. The van der Waals surface area contributed by atoms with Crippen LogP contribution in [0.1, 0.15) is 5.56 Å². The fraction of sp³-hybridized carbons (Fsp3) is 0.0714. The van der Waals surface area contributed by atoms with Crippen molar-refractivity contribution in [2.45, 2.75) is 6.54 Å². The summed E-state index contributed by atoms with van der Waals surface area (Å²) in [4.78, 5) is 14.9. The van der Waals surface area contributed by atoms with Gasteiger partial charge in [-0.2, -0.15) is 9.38 Å². The number of anilines is 1. The van der Waals surface area contributed by atoms with E-state index in [1.807, 2.05) is 0 Å². The zero-order valence-electron chi connectivity index (χ0n) is 10.9. The molecule has 1 aromatic carbocycles. The van der Waals surface area contributed by atoms with Gasteiger partial charge in [-0.25, -0.2) is 4.39 Å². The highest BCUT2D eigenvalue weighted by Crippen LogP contribution is 2.25. The molecule has 7 heteroatoms. The number of aromatic nitrogens is 2. The normalized spacial score (nSPS) is 10.7. The summed E-state index contributed by atoms with van der Waals surface area (Å²) in [6.45, 7) is 0.324. The summed E-state index contributed by atoms with van der Waals surface area (Å²) in [6.07, 6.45) is 1.59. The molecule has 3 aromatic rings. The van der Waals surface area contributed by atoms with Crippen LogP contribution in [0.5, 0.6) is 0 Å². The summed E-state index contributed by atoms with van der Waals surface area (Å²) in [6, 6.07) is 11.1. The van der Waals surface area contributed by atoms with Crippen molar-refractivity contribution in [3.05, 3.63) is 70.2 Å². The number of fused-ring (bicyclic) bond motifs is 1. The second-order valence-corrected chi connectivity index (χ2v) is 4.45. The first-order chi connectivity index (χ1) is 10.1. The van der Waals surface area contributed by atoms with Gasteiger partial charge < -0.3 is 15.4 Å². The van der Waals surface area contributed by atoms with E-state index in [1.54, 1.807) is 36.5 Å². The molecule has 0 amide bonds. The van der Waals surface area contributed by atoms with Gasteiger partial charge in [-0.1, -0.05) is 18.2 Å². The van der Waals surface area contributed by atoms with Crippen molar-refractivity contribution in [2.24, 2.45) is 0 Å². The smallest absolute Gasteiger partial charge is 0.359 e. The van der Waals surface area contributed by atoms with E-state index in [-0.39, 0.29) is 17.5 Å². The van der Waals surface area contributed by atoms with Crippen molar-refractivity contribution in [2.75, 3.05) is 5.32 Å². The number of rotatable bonds is 4. The molecular weight excluding hydrogens is 275 g/mol. The zero-order valence-corrected chi connectivity index (χ0v) is 10.9. The monoisotopic (exact) mass is 286 g/mol. The standard InChI is InChI=1S/C14H11FN4O2/c15-11-6-4-10(5-7-11)9-16-13-14(19(20)21)18-8-2-1-3-12(18)17-13/h1-8,16H,9H2. The molecule has 0 atom stereocenters. The van der Waals surface area contributed by atoms with E-state index < -0.39 is 4.92 Å². The number of nitro groups is 1. The molecule has 0 unspecified atom stereocenters. The van der Waals surface area contributed by atoms with Crippen LogP contribution in [0.3, 0.4) is 0 Å². The molecule has 21 heavy (non-hydrogen) atoms. The van der Waals surface area contributed by atoms with Crippen LogP contribution < -0.4 is 5.32 Å². The van der Waals surface area contributed by atoms with Gasteiger partial charge in [0.05, 0.1) is 6.20 Å². The van der Waals surface area contributed by atoms with Crippen LogP contribution in [0, 0.1) is 15.9 Å². The summed E-state index contributed by atoms with van der Waals surface area (Å²) in [7, 11) is 0. The highest BCUT2D eigenvalue weighted by atomic mass is 19.1. The number of hydrogen-bond acceptors (Lipinski definition) is 4. The molecule has 0 bridgehead atoms. The molecule has 0 spiro atoms. The summed E-state index contributed by atoms with van der Waals surface area (Å²) in [5.41, 5.74) is 1.30. The molecule has 6 nitrogen and oxygen atoms in total. The molecule has 0 fully saturated rings. The number of benzene rings is 1. The number of hydrogen-bond donors (Lipinski definition) is 1. The van der Waals surface area contributed by atoms with Crippen molar-refractivity contribution in [3.8, 4) is 0 Å². The second kappa shape index (κ2) is 5.20. The van der Waals surface area contributed by atoms with E-state index in [0.29, 0.717) is 12.2 Å². The Morgan fingerprint density at radius 3 is 2.71 bits per heavy atom. The molecule has 2 heterocycles. The molecular formula is C14H11FN4O2. The molecule has 0 saturated heterocycles. The van der Waals surface area contributed by atoms with Crippen LogP contribution in [-0.2, 0) is 6.54 Å². The van der Waals surface area contributed by atoms with E-state index in [1.165, 1.54) is 16.5 Å². The number of halogens is 1. The molecule has 3 rings (SSSR count). The van der Waals surface area contributed by atoms with Crippen molar-refractivity contribution >= 4 is 17.3 Å². The maximum Gasteiger partial charge on any atom is 0.372 e. The van der Waals surface area contributed by atoms with Crippen molar-refractivity contribution in [3.63, 3.8) is 0 Å². The first-order valence-electron chi connectivity index (χ1n) is 6.25. The third kappa shape index (κ3) is 2.53. The number of nitrogens with one attached hydrogen (secondary N) is 1. The van der Waals surface area contributed by atoms with Gasteiger partial charge in [0.1, 0.15) is 5.82 Å². The lowest BCUT2D eigenvalue weighted by Gasteiger charge is -2.03. The van der Waals surface area contributed by atoms with Crippen LogP contribution in [0.25, 0.3) is 5.65 Å². The molecule has 0 aliphatic carbocycles. The SMILES string of the molecule is O=[N+]([O-])c1c(NCc2ccc(F)cc2)nc2ccccn12. The third-order valence-corrected chi connectivity index (χ3v) is 3.05. The van der Waals surface area contributed by atoms with Crippen LogP contribution >= 0.6 is 0 Å². The third-order valence-electron chi connectivity index (χ3n) is 3.05. The average Bonchev–Trinajstić information content (AvgIpc) is 2.85. The Labute approximate surface area is 119 Å². The van der Waals surface area contributed by atoms with Gasteiger partial charge in [0.25, 0.3) is 0 Å². The summed E-state index contributed by atoms with van der Waals surface area (Å²) in [5, 5.41) is 14.1. The Balaban J connectivity index is 1.91.